The molecule has 0 bridgehead atoms. The molecule has 0 unspecified atom stereocenters. The Labute approximate surface area is 180 Å². The van der Waals surface area contributed by atoms with Crippen LogP contribution in [0.5, 0.6) is 5.75 Å². The highest BCUT2D eigenvalue weighted by Crippen LogP contribution is 2.20. The Bertz CT molecular complexity index is 1040. The molecular formula is C24H23ClN2O3. The van der Waals surface area contributed by atoms with E-state index in [1.807, 2.05) is 42.5 Å². The molecule has 0 aromatic heterocycles. The molecule has 1 aliphatic heterocycles. The number of hydrogen-bond donors (Lipinski definition) is 1. The van der Waals surface area contributed by atoms with Crippen LogP contribution >= 0.6 is 11.6 Å². The molecule has 1 aliphatic rings. The van der Waals surface area contributed by atoms with Gasteiger partial charge in [-0.15, -0.1) is 0 Å². The normalized spacial score (nSPS) is 14.5. The summed E-state index contributed by atoms with van der Waals surface area (Å²) in [4.78, 5) is 27.0. The van der Waals surface area contributed by atoms with Gasteiger partial charge in [-0.25, -0.2) is 0 Å². The highest BCUT2D eigenvalue weighted by Gasteiger charge is 2.24. The predicted molar refractivity (Wildman–Crippen MR) is 118 cm³/mol. The molecule has 0 saturated carbocycles. The van der Waals surface area contributed by atoms with Crippen molar-refractivity contribution in [1.29, 1.82) is 0 Å². The van der Waals surface area contributed by atoms with Gasteiger partial charge < -0.3 is 15.0 Å². The lowest BCUT2D eigenvalue weighted by molar-refractivity contribution is -0.134. The van der Waals surface area contributed by atoms with Gasteiger partial charge in [-0.2, -0.15) is 0 Å². The molecule has 30 heavy (non-hydrogen) atoms. The first kappa shape index (κ1) is 20.2. The lowest BCUT2D eigenvalue weighted by Crippen LogP contribution is -2.47. The standard InChI is InChI=1S/C24H23ClN2O3/c25-18-8-10-20(11-9-18)30-16-23(28)27-14-12-19(13-15-27)26-24(29)22-7-3-5-17-4-1-2-6-21(17)22/h1-11,19H,12-16H2,(H,26,29). The van der Waals surface area contributed by atoms with Gasteiger partial charge in [0.15, 0.2) is 6.61 Å². The zero-order valence-electron chi connectivity index (χ0n) is 16.5. The van der Waals surface area contributed by atoms with Crippen LogP contribution in [0, 0.1) is 0 Å². The van der Waals surface area contributed by atoms with Crippen LogP contribution in [0.2, 0.25) is 5.02 Å². The third-order valence-electron chi connectivity index (χ3n) is 5.39. The van der Waals surface area contributed by atoms with Crippen LogP contribution in [0.3, 0.4) is 0 Å². The highest BCUT2D eigenvalue weighted by atomic mass is 35.5. The third-order valence-corrected chi connectivity index (χ3v) is 5.65. The molecule has 0 atom stereocenters. The number of ether oxygens (including phenoxy) is 1. The Balaban J connectivity index is 1.28. The van der Waals surface area contributed by atoms with Gasteiger partial charge in [-0.05, 0) is 53.9 Å². The molecule has 154 valence electrons. The smallest absolute Gasteiger partial charge is 0.260 e. The van der Waals surface area contributed by atoms with Gasteiger partial charge in [0.25, 0.3) is 11.8 Å². The van der Waals surface area contributed by atoms with Crippen LogP contribution in [-0.4, -0.2) is 42.5 Å². The first-order valence-electron chi connectivity index (χ1n) is 10.0. The first-order valence-corrected chi connectivity index (χ1v) is 10.4. The van der Waals surface area contributed by atoms with E-state index in [1.165, 1.54) is 0 Å². The fraction of sp³-hybridized carbons (Fsp3) is 0.250. The van der Waals surface area contributed by atoms with E-state index < -0.39 is 0 Å². The summed E-state index contributed by atoms with van der Waals surface area (Å²) in [6.07, 6.45) is 1.45. The molecule has 6 heteroatoms. The van der Waals surface area contributed by atoms with Crippen molar-refractivity contribution >= 4 is 34.2 Å². The van der Waals surface area contributed by atoms with Gasteiger partial charge in [0.05, 0.1) is 0 Å². The number of benzene rings is 3. The maximum atomic E-state index is 12.8. The summed E-state index contributed by atoms with van der Waals surface area (Å²) in [7, 11) is 0. The van der Waals surface area contributed by atoms with Crippen LogP contribution in [0.4, 0.5) is 0 Å². The average Bonchev–Trinajstić information content (AvgIpc) is 2.78. The summed E-state index contributed by atoms with van der Waals surface area (Å²) in [5, 5.41) is 5.75. The Kier molecular flexibility index (Phi) is 6.19. The molecule has 1 N–H and O–H groups in total. The largest absolute Gasteiger partial charge is 0.484 e. The number of fused-ring (bicyclic) bond motifs is 1. The van der Waals surface area contributed by atoms with Crippen LogP contribution in [0.25, 0.3) is 10.8 Å². The minimum absolute atomic E-state index is 0.00529. The van der Waals surface area contributed by atoms with Crippen molar-refractivity contribution in [2.24, 2.45) is 0 Å². The number of nitrogens with zero attached hydrogens (tertiary/aromatic N) is 1. The molecule has 1 saturated heterocycles. The quantitative estimate of drug-likeness (QED) is 0.667. The molecular weight excluding hydrogens is 400 g/mol. The number of amides is 2. The van der Waals surface area contributed by atoms with E-state index in [-0.39, 0.29) is 24.5 Å². The molecule has 1 heterocycles. The SMILES string of the molecule is O=C(NC1CCN(C(=O)COc2ccc(Cl)cc2)CC1)c1cccc2ccccc12. The average molecular weight is 423 g/mol. The molecule has 1 fully saturated rings. The van der Waals surface area contributed by atoms with E-state index in [4.69, 9.17) is 16.3 Å². The van der Waals surface area contributed by atoms with E-state index >= 15 is 0 Å². The topological polar surface area (TPSA) is 58.6 Å². The second kappa shape index (κ2) is 9.18. The molecule has 0 aliphatic carbocycles. The maximum Gasteiger partial charge on any atom is 0.260 e. The van der Waals surface area contributed by atoms with Gasteiger partial charge in [-0.3, -0.25) is 9.59 Å². The number of likely N-dealkylation sites (tertiary alicyclic amines) is 1. The summed E-state index contributed by atoms with van der Waals surface area (Å²) >= 11 is 5.85. The van der Waals surface area contributed by atoms with Crippen molar-refractivity contribution in [3.63, 3.8) is 0 Å². The van der Waals surface area contributed by atoms with Crippen LogP contribution in [-0.2, 0) is 4.79 Å². The summed E-state index contributed by atoms with van der Waals surface area (Å²) in [6.45, 7) is 1.20. The van der Waals surface area contributed by atoms with Gasteiger partial charge in [-0.1, -0.05) is 48.0 Å². The zero-order valence-corrected chi connectivity index (χ0v) is 17.3. The number of piperidine rings is 1. The first-order chi connectivity index (χ1) is 14.6. The predicted octanol–water partition coefficient (Wildman–Crippen LogP) is 4.29. The van der Waals surface area contributed by atoms with Crippen molar-refractivity contribution in [3.05, 3.63) is 77.3 Å². The Morgan fingerprint density at radius 1 is 0.967 bits per heavy atom. The molecule has 3 aromatic rings. The monoisotopic (exact) mass is 422 g/mol. The van der Waals surface area contributed by atoms with E-state index in [0.717, 1.165) is 23.6 Å². The van der Waals surface area contributed by atoms with E-state index in [1.54, 1.807) is 29.2 Å². The van der Waals surface area contributed by atoms with E-state index in [0.29, 0.717) is 29.4 Å². The number of nitrogens with one attached hydrogen (secondary N) is 1. The Hall–Kier alpha value is -3.05. The number of halogens is 1. The van der Waals surface area contributed by atoms with Crippen LogP contribution in [0.1, 0.15) is 23.2 Å². The summed E-state index contributed by atoms with van der Waals surface area (Å²) < 4.78 is 5.55. The molecule has 3 aromatic carbocycles. The Morgan fingerprint density at radius 2 is 1.67 bits per heavy atom. The maximum absolute atomic E-state index is 12.8. The second-order valence-corrected chi connectivity index (χ2v) is 7.83. The van der Waals surface area contributed by atoms with Crippen LogP contribution < -0.4 is 10.1 Å². The minimum atomic E-state index is -0.0670. The fourth-order valence-corrected chi connectivity index (χ4v) is 3.85. The summed E-state index contributed by atoms with van der Waals surface area (Å²) in [6, 6.07) is 20.6. The van der Waals surface area contributed by atoms with Crippen LogP contribution in [0.15, 0.2) is 66.7 Å². The lowest BCUT2D eigenvalue weighted by Gasteiger charge is -2.32. The number of carbonyl (C=O) groups is 2. The lowest BCUT2D eigenvalue weighted by atomic mass is 10.0. The Morgan fingerprint density at radius 3 is 2.43 bits per heavy atom. The van der Waals surface area contributed by atoms with E-state index in [9.17, 15) is 9.59 Å². The minimum Gasteiger partial charge on any atom is -0.484 e. The van der Waals surface area contributed by atoms with Crippen molar-refractivity contribution in [2.45, 2.75) is 18.9 Å². The van der Waals surface area contributed by atoms with Gasteiger partial charge in [0.2, 0.25) is 0 Å². The summed E-state index contributed by atoms with van der Waals surface area (Å²) in [5.74, 6) is 0.497. The number of carbonyl (C=O) groups excluding carboxylic acids is 2. The molecule has 5 nitrogen and oxygen atoms in total. The molecule has 2 amide bonds. The van der Waals surface area contributed by atoms with Crippen molar-refractivity contribution in [2.75, 3.05) is 19.7 Å². The van der Waals surface area contributed by atoms with Crippen molar-refractivity contribution in [3.8, 4) is 5.75 Å². The second-order valence-electron chi connectivity index (χ2n) is 7.40. The van der Waals surface area contributed by atoms with Gasteiger partial charge >= 0.3 is 0 Å². The third kappa shape index (κ3) is 4.74. The number of rotatable bonds is 5. The number of hydrogen-bond acceptors (Lipinski definition) is 3. The molecule has 0 spiro atoms. The summed E-state index contributed by atoms with van der Waals surface area (Å²) in [5.41, 5.74) is 0.683. The molecule has 0 radical (unpaired) electrons. The molecule has 4 rings (SSSR count). The highest BCUT2D eigenvalue weighted by molar-refractivity contribution is 6.30. The van der Waals surface area contributed by atoms with Gasteiger partial charge in [0.1, 0.15) is 5.75 Å². The fourth-order valence-electron chi connectivity index (χ4n) is 3.73. The van der Waals surface area contributed by atoms with Crippen molar-refractivity contribution in [1.82, 2.24) is 10.2 Å². The van der Waals surface area contributed by atoms with Gasteiger partial charge in [0, 0.05) is 29.7 Å². The van der Waals surface area contributed by atoms with E-state index in [2.05, 4.69) is 5.32 Å². The zero-order chi connectivity index (χ0) is 20.9. The van der Waals surface area contributed by atoms with Crippen molar-refractivity contribution < 1.29 is 14.3 Å².